The van der Waals surface area contributed by atoms with E-state index in [0.717, 1.165) is 27.8 Å². The van der Waals surface area contributed by atoms with Crippen LogP contribution in [0, 0.1) is 5.92 Å². The van der Waals surface area contributed by atoms with E-state index in [0.29, 0.717) is 6.42 Å². The molecule has 0 unspecified atom stereocenters. The second-order valence-corrected chi connectivity index (χ2v) is 9.61. The van der Waals surface area contributed by atoms with Crippen LogP contribution in [0.2, 0.25) is 0 Å². The van der Waals surface area contributed by atoms with Crippen LogP contribution in [0.3, 0.4) is 0 Å². The molecule has 0 bridgehead atoms. The number of alkyl carbamates (subject to hydrolysis) is 1. The van der Waals surface area contributed by atoms with Gasteiger partial charge in [0.15, 0.2) is 0 Å². The maximum absolute atomic E-state index is 12.7. The van der Waals surface area contributed by atoms with Crippen molar-refractivity contribution >= 4 is 18.0 Å². The largest absolute Gasteiger partial charge is 0.464 e. The summed E-state index contributed by atoms with van der Waals surface area (Å²) in [6.45, 7) is 4.05. The van der Waals surface area contributed by atoms with Crippen LogP contribution in [0.15, 0.2) is 78.9 Å². The predicted molar refractivity (Wildman–Crippen MR) is 143 cm³/mol. The SMILES string of the molecule is CC(C)[C@H](NC(=O)OCC1c2ccccc2-c2ccccc21)C(=O)OCCCC(=O)OCc1ccccc1. The third kappa shape index (κ3) is 6.79. The average Bonchev–Trinajstić information content (AvgIpc) is 3.25. The third-order valence-electron chi connectivity index (χ3n) is 6.55. The third-order valence-corrected chi connectivity index (χ3v) is 6.55. The molecule has 0 saturated heterocycles. The highest BCUT2D eigenvalue weighted by molar-refractivity contribution is 5.82. The van der Waals surface area contributed by atoms with Crippen molar-refractivity contribution in [1.82, 2.24) is 5.32 Å². The van der Waals surface area contributed by atoms with Crippen molar-refractivity contribution in [2.24, 2.45) is 5.92 Å². The molecule has 0 saturated carbocycles. The molecule has 1 amide bonds. The number of nitrogens with one attached hydrogen (secondary N) is 1. The summed E-state index contributed by atoms with van der Waals surface area (Å²) in [6.07, 6.45) is -0.214. The van der Waals surface area contributed by atoms with Crippen molar-refractivity contribution in [3.05, 3.63) is 95.6 Å². The van der Waals surface area contributed by atoms with Gasteiger partial charge in [0.25, 0.3) is 0 Å². The van der Waals surface area contributed by atoms with Crippen molar-refractivity contribution < 1.29 is 28.6 Å². The lowest BCUT2D eigenvalue weighted by Crippen LogP contribution is -2.45. The van der Waals surface area contributed by atoms with Gasteiger partial charge in [-0.1, -0.05) is 92.7 Å². The topological polar surface area (TPSA) is 90.9 Å². The number of carbonyl (C=O) groups is 3. The number of fused-ring (bicyclic) bond motifs is 3. The van der Waals surface area contributed by atoms with Gasteiger partial charge in [0.2, 0.25) is 0 Å². The molecule has 1 aliphatic rings. The van der Waals surface area contributed by atoms with Crippen molar-refractivity contribution in [2.75, 3.05) is 13.2 Å². The fraction of sp³-hybridized carbons (Fsp3) is 0.323. The number of carbonyl (C=O) groups excluding carboxylic acids is 3. The van der Waals surface area contributed by atoms with Crippen molar-refractivity contribution in [2.45, 2.75) is 45.3 Å². The fourth-order valence-electron chi connectivity index (χ4n) is 4.55. The number of amides is 1. The van der Waals surface area contributed by atoms with Crippen LogP contribution >= 0.6 is 0 Å². The molecule has 3 aromatic rings. The van der Waals surface area contributed by atoms with Crippen molar-refractivity contribution in [3.8, 4) is 11.1 Å². The standard InChI is InChI=1S/C31H33NO6/c1-21(2)29(30(34)36-18-10-17-28(33)37-19-22-11-4-3-5-12-22)32-31(35)38-20-27-25-15-8-6-13-23(25)24-14-7-9-16-26(24)27/h3-9,11-16,21,27,29H,10,17-20H2,1-2H3,(H,32,35)/t29-/m0/s1. The van der Waals surface area contributed by atoms with Gasteiger partial charge in [-0.3, -0.25) is 4.79 Å². The summed E-state index contributed by atoms with van der Waals surface area (Å²) in [7, 11) is 0. The average molecular weight is 516 g/mol. The highest BCUT2D eigenvalue weighted by Crippen LogP contribution is 2.44. The van der Waals surface area contributed by atoms with E-state index in [9.17, 15) is 14.4 Å². The summed E-state index contributed by atoms with van der Waals surface area (Å²) in [5, 5.41) is 2.65. The molecule has 198 valence electrons. The molecule has 0 aromatic heterocycles. The van der Waals surface area contributed by atoms with Gasteiger partial charge in [-0.05, 0) is 40.2 Å². The first-order valence-electron chi connectivity index (χ1n) is 12.9. The normalized spacial score (nSPS) is 12.8. The van der Waals surface area contributed by atoms with Crippen LogP contribution in [0.25, 0.3) is 11.1 Å². The second-order valence-electron chi connectivity index (χ2n) is 9.61. The molecule has 0 radical (unpaired) electrons. The Morgan fingerprint density at radius 1 is 0.789 bits per heavy atom. The lowest BCUT2D eigenvalue weighted by atomic mass is 9.98. The molecule has 0 spiro atoms. The van der Waals surface area contributed by atoms with E-state index in [1.165, 1.54) is 0 Å². The van der Waals surface area contributed by atoms with E-state index < -0.39 is 18.1 Å². The summed E-state index contributed by atoms with van der Waals surface area (Å²) >= 11 is 0. The molecular weight excluding hydrogens is 482 g/mol. The molecule has 7 heteroatoms. The van der Waals surface area contributed by atoms with E-state index in [1.807, 2.05) is 80.6 Å². The first-order chi connectivity index (χ1) is 18.4. The van der Waals surface area contributed by atoms with E-state index in [1.54, 1.807) is 0 Å². The van der Waals surface area contributed by atoms with Gasteiger partial charge in [-0.2, -0.15) is 0 Å². The predicted octanol–water partition coefficient (Wildman–Crippen LogP) is 5.62. The van der Waals surface area contributed by atoms with E-state index >= 15 is 0 Å². The number of hydrogen-bond acceptors (Lipinski definition) is 6. The molecule has 0 aliphatic heterocycles. The van der Waals surface area contributed by atoms with Crippen LogP contribution in [0.4, 0.5) is 4.79 Å². The Kier molecular flexibility index (Phi) is 9.14. The molecule has 7 nitrogen and oxygen atoms in total. The van der Waals surface area contributed by atoms with E-state index in [4.69, 9.17) is 14.2 Å². The Morgan fingerprint density at radius 3 is 2.03 bits per heavy atom. The zero-order chi connectivity index (χ0) is 26.9. The van der Waals surface area contributed by atoms with Crippen molar-refractivity contribution in [1.29, 1.82) is 0 Å². The Labute approximate surface area is 223 Å². The number of benzene rings is 3. The Hall–Kier alpha value is -4.13. The molecule has 1 atom stereocenters. The Bertz CT molecular complexity index is 1210. The van der Waals surface area contributed by atoms with Crippen LogP contribution in [-0.2, 0) is 30.4 Å². The minimum atomic E-state index is -0.865. The summed E-state index contributed by atoms with van der Waals surface area (Å²) in [5.74, 6) is -1.20. The molecule has 4 rings (SSSR count). The van der Waals surface area contributed by atoms with Crippen LogP contribution in [0.5, 0.6) is 0 Å². The zero-order valence-electron chi connectivity index (χ0n) is 21.7. The number of esters is 2. The van der Waals surface area contributed by atoms with Crippen LogP contribution in [-0.4, -0.2) is 37.3 Å². The van der Waals surface area contributed by atoms with Gasteiger partial charge in [0, 0.05) is 12.3 Å². The van der Waals surface area contributed by atoms with Crippen molar-refractivity contribution in [3.63, 3.8) is 0 Å². The fourth-order valence-corrected chi connectivity index (χ4v) is 4.55. The Balaban J connectivity index is 1.22. The number of rotatable bonds is 11. The van der Waals surface area contributed by atoms with Gasteiger partial charge in [-0.15, -0.1) is 0 Å². The summed E-state index contributed by atoms with van der Waals surface area (Å²) in [4.78, 5) is 37.3. The highest BCUT2D eigenvalue weighted by Gasteiger charge is 2.30. The van der Waals surface area contributed by atoms with E-state index in [-0.39, 0.29) is 44.0 Å². The van der Waals surface area contributed by atoms with Gasteiger partial charge in [-0.25, -0.2) is 9.59 Å². The molecule has 3 aromatic carbocycles. The minimum absolute atomic E-state index is 0.0505. The maximum atomic E-state index is 12.7. The number of hydrogen-bond donors (Lipinski definition) is 1. The first-order valence-corrected chi connectivity index (χ1v) is 12.9. The first kappa shape index (κ1) is 26.9. The molecule has 0 heterocycles. The molecule has 0 fully saturated rings. The lowest BCUT2D eigenvalue weighted by Gasteiger charge is -2.21. The smallest absolute Gasteiger partial charge is 0.407 e. The molecule has 1 aliphatic carbocycles. The molecule has 1 N–H and O–H groups in total. The zero-order valence-corrected chi connectivity index (χ0v) is 21.7. The second kappa shape index (κ2) is 12.9. The molecular formula is C31H33NO6. The monoisotopic (exact) mass is 515 g/mol. The van der Waals surface area contributed by atoms with Gasteiger partial charge >= 0.3 is 18.0 Å². The number of ether oxygens (including phenoxy) is 3. The summed E-state index contributed by atoms with van der Waals surface area (Å²) < 4.78 is 16.1. The minimum Gasteiger partial charge on any atom is -0.464 e. The van der Waals surface area contributed by atoms with E-state index in [2.05, 4.69) is 17.4 Å². The van der Waals surface area contributed by atoms with Crippen LogP contribution in [0.1, 0.15) is 49.3 Å². The summed E-state index contributed by atoms with van der Waals surface area (Å²) in [6, 6.07) is 24.7. The van der Waals surface area contributed by atoms with Gasteiger partial charge in [0.05, 0.1) is 6.61 Å². The Morgan fingerprint density at radius 2 is 1.39 bits per heavy atom. The van der Waals surface area contributed by atoms with Gasteiger partial charge in [0.1, 0.15) is 19.3 Å². The molecule has 38 heavy (non-hydrogen) atoms. The summed E-state index contributed by atoms with van der Waals surface area (Å²) in [5.41, 5.74) is 5.42. The van der Waals surface area contributed by atoms with Crippen LogP contribution < -0.4 is 5.32 Å². The quantitative estimate of drug-likeness (QED) is 0.203. The lowest BCUT2D eigenvalue weighted by molar-refractivity contribution is -0.150. The highest BCUT2D eigenvalue weighted by atomic mass is 16.6. The maximum Gasteiger partial charge on any atom is 0.407 e. The van der Waals surface area contributed by atoms with Gasteiger partial charge < -0.3 is 19.5 Å².